The van der Waals surface area contributed by atoms with E-state index in [9.17, 15) is 19.0 Å². The van der Waals surface area contributed by atoms with Gasteiger partial charge in [-0.1, -0.05) is 0 Å². The highest BCUT2D eigenvalue weighted by atomic mass is 19.1. The summed E-state index contributed by atoms with van der Waals surface area (Å²) >= 11 is 0. The maximum Gasteiger partial charge on any atom is 0.138 e. The number of hydrogen-bond acceptors (Lipinski definition) is 4. The van der Waals surface area contributed by atoms with Gasteiger partial charge in [0.2, 0.25) is 0 Å². The minimum Gasteiger partial charge on any atom is -0.506 e. The standard InChI is InChI=1S/C17H18F2N2O2/c1-10-2-5-17(23)15(20-10)9-21-8-12(22)7-16(21)13-6-11(18)3-4-14(13)19/h2-6,12,16,22-23H,7-9H2,1H3/t12-,16-/m1/s1. The molecule has 2 heterocycles. The molecule has 1 aliphatic rings. The van der Waals surface area contributed by atoms with E-state index in [1.54, 1.807) is 12.1 Å². The lowest BCUT2D eigenvalue weighted by molar-refractivity contribution is 0.171. The van der Waals surface area contributed by atoms with Crippen LogP contribution in [0.2, 0.25) is 0 Å². The number of rotatable bonds is 3. The molecule has 2 atom stereocenters. The molecular weight excluding hydrogens is 302 g/mol. The van der Waals surface area contributed by atoms with Crippen molar-refractivity contribution in [3.63, 3.8) is 0 Å². The van der Waals surface area contributed by atoms with Crippen LogP contribution in [0, 0.1) is 18.6 Å². The summed E-state index contributed by atoms with van der Waals surface area (Å²) in [5.74, 6) is -0.966. The van der Waals surface area contributed by atoms with Crippen molar-refractivity contribution in [2.75, 3.05) is 6.54 Å². The van der Waals surface area contributed by atoms with Crippen LogP contribution in [0.3, 0.4) is 0 Å². The quantitative estimate of drug-likeness (QED) is 0.913. The zero-order chi connectivity index (χ0) is 16.6. The van der Waals surface area contributed by atoms with Crippen LogP contribution in [-0.4, -0.2) is 32.7 Å². The third-order valence-corrected chi connectivity index (χ3v) is 4.14. The van der Waals surface area contributed by atoms with Gasteiger partial charge in [0.15, 0.2) is 0 Å². The van der Waals surface area contributed by atoms with E-state index >= 15 is 0 Å². The monoisotopic (exact) mass is 320 g/mol. The first-order chi connectivity index (χ1) is 10.9. The van der Waals surface area contributed by atoms with E-state index in [4.69, 9.17) is 0 Å². The summed E-state index contributed by atoms with van der Waals surface area (Å²) in [6, 6.07) is 6.12. The maximum atomic E-state index is 14.1. The van der Waals surface area contributed by atoms with Crippen LogP contribution in [-0.2, 0) is 6.54 Å². The Morgan fingerprint density at radius 2 is 2.04 bits per heavy atom. The van der Waals surface area contributed by atoms with Crippen LogP contribution in [0.4, 0.5) is 8.78 Å². The number of β-amino-alcohol motifs (C(OH)–C–C–N with tert-alkyl or cyclic N) is 1. The number of aromatic nitrogens is 1. The molecule has 4 nitrogen and oxygen atoms in total. The predicted octanol–water partition coefficient (Wildman–Crippen LogP) is 2.68. The summed E-state index contributed by atoms with van der Waals surface area (Å²) in [5, 5.41) is 19.9. The van der Waals surface area contributed by atoms with E-state index in [0.29, 0.717) is 18.7 Å². The number of nitrogens with zero attached hydrogens (tertiary/aromatic N) is 2. The second-order valence-corrected chi connectivity index (χ2v) is 5.92. The van der Waals surface area contributed by atoms with Gasteiger partial charge in [0.1, 0.15) is 17.4 Å². The van der Waals surface area contributed by atoms with E-state index in [1.807, 2.05) is 11.8 Å². The molecule has 1 saturated heterocycles. The molecule has 122 valence electrons. The largest absolute Gasteiger partial charge is 0.506 e. The van der Waals surface area contributed by atoms with E-state index < -0.39 is 23.8 Å². The Morgan fingerprint density at radius 3 is 2.83 bits per heavy atom. The summed E-state index contributed by atoms with van der Waals surface area (Å²) < 4.78 is 27.5. The molecule has 1 fully saturated rings. The molecule has 0 bridgehead atoms. The Bertz CT molecular complexity index is 724. The Kier molecular flexibility index (Phi) is 4.28. The minimum atomic E-state index is -0.630. The molecule has 0 amide bonds. The van der Waals surface area contributed by atoms with Crippen molar-refractivity contribution in [3.05, 3.63) is 58.9 Å². The number of hydrogen-bond donors (Lipinski definition) is 2. The third kappa shape index (κ3) is 3.33. The fraction of sp³-hybridized carbons (Fsp3) is 0.353. The second kappa shape index (κ2) is 6.22. The Morgan fingerprint density at radius 1 is 1.26 bits per heavy atom. The normalized spacial score (nSPS) is 21.7. The lowest BCUT2D eigenvalue weighted by Crippen LogP contribution is -2.25. The van der Waals surface area contributed by atoms with Crippen LogP contribution in [0.1, 0.15) is 29.4 Å². The van der Waals surface area contributed by atoms with E-state index in [1.165, 1.54) is 0 Å². The van der Waals surface area contributed by atoms with Gasteiger partial charge in [-0.15, -0.1) is 0 Å². The van der Waals surface area contributed by atoms with E-state index in [0.717, 1.165) is 23.9 Å². The van der Waals surface area contributed by atoms with Crippen molar-refractivity contribution in [2.24, 2.45) is 0 Å². The van der Waals surface area contributed by atoms with Crippen molar-refractivity contribution in [1.82, 2.24) is 9.88 Å². The van der Waals surface area contributed by atoms with Gasteiger partial charge in [-0.3, -0.25) is 9.88 Å². The average Bonchev–Trinajstić information content (AvgIpc) is 2.86. The van der Waals surface area contributed by atoms with Gasteiger partial charge in [-0.05, 0) is 43.7 Å². The van der Waals surface area contributed by atoms with Crippen molar-refractivity contribution in [1.29, 1.82) is 0 Å². The topological polar surface area (TPSA) is 56.6 Å². The molecule has 2 N–H and O–H groups in total. The Balaban J connectivity index is 1.91. The molecule has 3 rings (SSSR count). The zero-order valence-electron chi connectivity index (χ0n) is 12.7. The third-order valence-electron chi connectivity index (χ3n) is 4.14. The zero-order valence-corrected chi connectivity index (χ0v) is 12.7. The molecule has 23 heavy (non-hydrogen) atoms. The highest BCUT2D eigenvalue weighted by Crippen LogP contribution is 2.35. The summed E-state index contributed by atoms with van der Waals surface area (Å²) in [6.07, 6.45) is -0.318. The number of benzene rings is 1. The highest BCUT2D eigenvalue weighted by molar-refractivity contribution is 5.29. The Labute approximate surface area is 133 Å². The van der Waals surface area contributed by atoms with Crippen molar-refractivity contribution >= 4 is 0 Å². The number of halogens is 2. The van der Waals surface area contributed by atoms with Gasteiger partial charge in [0.05, 0.1) is 11.8 Å². The van der Waals surface area contributed by atoms with Crippen LogP contribution in [0.5, 0.6) is 5.75 Å². The van der Waals surface area contributed by atoms with Crippen molar-refractivity contribution < 1.29 is 19.0 Å². The lowest BCUT2D eigenvalue weighted by Gasteiger charge is -2.25. The Hall–Kier alpha value is -2.05. The number of aryl methyl sites for hydroxylation is 1. The smallest absolute Gasteiger partial charge is 0.138 e. The fourth-order valence-corrected chi connectivity index (χ4v) is 3.06. The number of aliphatic hydroxyl groups excluding tert-OH is 1. The molecule has 0 aliphatic carbocycles. The van der Waals surface area contributed by atoms with Crippen molar-refractivity contribution in [2.45, 2.75) is 32.0 Å². The SMILES string of the molecule is Cc1ccc(O)c(CN2C[C@H](O)C[C@@H]2c2cc(F)ccc2F)n1. The summed E-state index contributed by atoms with van der Waals surface area (Å²) in [4.78, 5) is 6.10. The molecule has 6 heteroatoms. The number of aromatic hydroxyl groups is 1. The van der Waals surface area contributed by atoms with Crippen LogP contribution < -0.4 is 0 Å². The van der Waals surface area contributed by atoms with Gasteiger partial charge >= 0.3 is 0 Å². The van der Waals surface area contributed by atoms with Gasteiger partial charge < -0.3 is 10.2 Å². The number of pyridine rings is 1. The number of likely N-dealkylation sites (tertiary alicyclic amines) is 1. The molecule has 1 aromatic heterocycles. The van der Waals surface area contributed by atoms with Crippen molar-refractivity contribution in [3.8, 4) is 5.75 Å². The molecule has 0 spiro atoms. The summed E-state index contributed by atoms with van der Waals surface area (Å²) in [6.45, 7) is 2.38. The van der Waals surface area contributed by atoms with Gasteiger partial charge in [-0.2, -0.15) is 0 Å². The lowest BCUT2D eigenvalue weighted by atomic mass is 10.0. The van der Waals surface area contributed by atoms with Gasteiger partial charge in [0.25, 0.3) is 0 Å². The predicted molar refractivity (Wildman–Crippen MR) is 80.8 cm³/mol. The summed E-state index contributed by atoms with van der Waals surface area (Å²) in [5.41, 5.74) is 1.43. The van der Waals surface area contributed by atoms with Crippen LogP contribution >= 0.6 is 0 Å². The molecule has 0 radical (unpaired) electrons. The first-order valence-electron chi connectivity index (χ1n) is 7.46. The molecule has 2 aromatic rings. The first kappa shape index (κ1) is 15.8. The second-order valence-electron chi connectivity index (χ2n) is 5.92. The number of aliphatic hydroxyl groups is 1. The van der Waals surface area contributed by atoms with Crippen LogP contribution in [0.15, 0.2) is 30.3 Å². The van der Waals surface area contributed by atoms with Crippen LogP contribution in [0.25, 0.3) is 0 Å². The maximum absolute atomic E-state index is 14.1. The summed E-state index contributed by atoms with van der Waals surface area (Å²) in [7, 11) is 0. The first-order valence-corrected chi connectivity index (χ1v) is 7.46. The molecule has 1 aromatic carbocycles. The average molecular weight is 320 g/mol. The molecular formula is C17H18F2N2O2. The minimum absolute atomic E-state index is 0.0513. The highest BCUT2D eigenvalue weighted by Gasteiger charge is 2.34. The molecule has 0 saturated carbocycles. The van der Waals surface area contributed by atoms with E-state index in [2.05, 4.69) is 4.98 Å². The molecule has 0 unspecified atom stereocenters. The fourth-order valence-electron chi connectivity index (χ4n) is 3.06. The van der Waals surface area contributed by atoms with E-state index in [-0.39, 0.29) is 17.9 Å². The van der Waals surface area contributed by atoms with Gasteiger partial charge in [0, 0.05) is 30.4 Å². The molecule has 1 aliphatic heterocycles. The van der Waals surface area contributed by atoms with Gasteiger partial charge in [-0.25, -0.2) is 8.78 Å².